The summed E-state index contributed by atoms with van der Waals surface area (Å²) in [6.45, 7) is -0.900. The van der Waals surface area contributed by atoms with Gasteiger partial charge in [0.1, 0.15) is 41.7 Å². The third-order valence-electron chi connectivity index (χ3n) is 10.5. The van der Waals surface area contributed by atoms with Gasteiger partial charge in [-0.1, -0.05) is 91.0 Å². The van der Waals surface area contributed by atoms with E-state index in [9.17, 15) is 14.7 Å². The van der Waals surface area contributed by atoms with E-state index in [4.69, 9.17) is 33.2 Å². The number of aliphatic hydroxyl groups is 1. The number of nitrogens with one attached hydrogen (secondary N) is 1. The lowest BCUT2D eigenvalue weighted by atomic mass is 9.80. The molecular weight excluding hydrogens is 795 g/mol. The Labute approximate surface area is 356 Å². The summed E-state index contributed by atoms with van der Waals surface area (Å²) in [5.41, 5.74) is 2.52. The van der Waals surface area contributed by atoms with Crippen LogP contribution in [0.2, 0.25) is 0 Å². The largest absolute Gasteiger partial charge is 0.497 e. The number of nitrogens with zero attached hydrogens (tertiary/aromatic N) is 4. The van der Waals surface area contributed by atoms with Crippen molar-refractivity contribution in [2.24, 2.45) is 0 Å². The number of hydrogen-bond acceptors (Lipinski definition) is 13. The molecule has 0 radical (unpaired) electrons. The van der Waals surface area contributed by atoms with Crippen molar-refractivity contribution in [3.8, 4) is 11.5 Å². The van der Waals surface area contributed by atoms with Gasteiger partial charge in [0, 0.05) is 5.56 Å². The molecule has 1 fully saturated rings. The first kappa shape index (κ1) is 41.7. The second-order valence-corrected chi connectivity index (χ2v) is 14.1. The van der Waals surface area contributed by atoms with E-state index in [0.717, 1.165) is 16.7 Å². The number of carbonyl (C=O) groups is 2. The van der Waals surface area contributed by atoms with Gasteiger partial charge in [-0.3, -0.25) is 9.36 Å². The summed E-state index contributed by atoms with van der Waals surface area (Å²) in [7, 11) is 3.21. The molecule has 3 heterocycles. The standard InChI is InChI=1S/C47H43N5O10/c1-56-36-22-18-34(19-23-36)47(33-16-10-5-11-17-33,35-20-24-37(57-2)25-21-35)61-26-38-41(59-29-58-30-60-46(55)32-14-8-4-9-15-32)40(53)45(62-38)52-28-50-39-42(48-27-49-43(39)52)51-44(54)31-12-6-3-7-13-31/h3-25,27-28,38,40-41,45,53H,26,29-30H2,1-2H3,(H,48,49,51,54)/t38-,40-,41-,45-/m1/s1. The predicted octanol–water partition coefficient (Wildman–Crippen LogP) is 6.54. The molecule has 0 bridgehead atoms. The molecule has 0 unspecified atom stereocenters. The van der Waals surface area contributed by atoms with E-state index in [1.54, 1.807) is 73.4 Å². The number of rotatable bonds is 17. The number of carbonyl (C=O) groups excluding carboxylic acids is 2. The third-order valence-corrected chi connectivity index (χ3v) is 10.5. The maximum absolute atomic E-state index is 13.1. The molecule has 4 atom stereocenters. The number of benzene rings is 5. The zero-order valence-electron chi connectivity index (χ0n) is 33.8. The zero-order chi connectivity index (χ0) is 42.9. The summed E-state index contributed by atoms with van der Waals surface area (Å²) >= 11 is 0. The van der Waals surface area contributed by atoms with Crippen molar-refractivity contribution in [3.63, 3.8) is 0 Å². The van der Waals surface area contributed by atoms with Crippen LogP contribution in [0.25, 0.3) is 11.2 Å². The van der Waals surface area contributed by atoms with Crippen LogP contribution in [0.3, 0.4) is 0 Å². The van der Waals surface area contributed by atoms with E-state index >= 15 is 0 Å². The summed E-state index contributed by atoms with van der Waals surface area (Å²) in [6, 6.07) is 42.2. The van der Waals surface area contributed by atoms with Crippen molar-refractivity contribution in [3.05, 3.63) is 180 Å². The molecule has 15 heteroatoms. The molecule has 5 aromatic carbocycles. The number of imidazole rings is 1. The van der Waals surface area contributed by atoms with E-state index in [-0.39, 0.29) is 36.3 Å². The Morgan fingerprint density at radius 2 is 1.31 bits per heavy atom. The molecule has 1 aliphatic heterocycles. The van der Waals surface area contributed by atoms with E-state index in [1.165, 1.54) is 12.7 Å². The van der Waals surface area contributed by atoms with Crippen molar-refractivity contribution >= 4 is 28.9 Å². The third kappa shape index (κ3) is 8.74. The number of aliphatic hydroxyl groups excluding tert-OH is 1. The van der Waals surface area contributed by atoms with Crippen molar-refractivity contribution in [2.75, 3.05) is 39.7 Å². The Hall–Kier alpha value is -7.01. The summed E-state index contributed by atoms with van der Waals surface area (Å²) in [5.74, 6) is 0.555. The van der Waals surface area contributed by atoms with E-state index in [2.05, 4.69) is 20.3 Å². The lowest BCUT2D eigenvalue weighted by Gasteiger charge is -2.37. The molecule has 8 rings (SSSR count). The molecule has 15 nitrogen and oxygen atoms in total. The van der Waals surface area contributed by atoms with Crippen LogP contribution in [0, 0.1) is 0 Å². The molecule has 0 spiro atoms. The van der Waals surface area contributed by atoms with Crippen LogP contribution in [0.5, 0.6) is 11.5 Å². The number of ether oxygens (including phenoxy) is 7. The first-order valence-electron chi connectivity index (χ1n) is 19.7. The van der Waals surface area contributed by atoms with Crippen LogP contribution in [-0.2, 0) is 29.3 Å². The molecule has 1 saturated heterocycles. The smallest absolute Gasteiger partial charge is 0.340 e. The minimum absolute atomic E-state index is 0.117. The van der Waals surface area contributed by atoms with E-state index in [1.807, 2.05) is 84.9 Å². The average molecular weight is 838 g/mol. The molecule has 1 amide bonds. The van der Waals surface area contributed by atoms with Gasteiger partial charge in [-0.05, 0) is 65.2 Å². The molecular formula is C47H43N5O10. The second kappa shape index (κ2) is 19.1. The van der Waals surface area contributed by atoms with Crippen LogP contribution in [0.15, 0.2) is 152 Å². The Bertz CT molecular complexity index is 2510. The van der Waals surface area contributed by atoms with Gasteiger partial charge in [-0.2, -0.15) is 0 Å². The molecule has 1 aliphatic rings. The van der Waals surface area contributed by atoms with Crippen molar-refractivity contribution in [1.29, 1.82) is 0 Å². The topological polar surface area (TPSA) is 175 Å². The van der Waals surface area contributed by atoms with Gasteiger partial charge in [-0.15, -0.1) is 0 Å². The highest BCUT2D eigenvalue weighted by atomic mass is 16.8. The van der Waals surface area contributed by atoms with Crippen LogP contribution < -0.4 is 14.8 Å². The molecule has 0 aliphatic carbocycles. The van der Waals surface area contributed by atoms with E-state index in [0.29, 0.717) is 22.6 Å². The highest BCUT2D eigenvalue weighted by molar-refractivity contribution is 6.06. The van der Waals surface area contributed by atoms with Crippen LogP contribution >= 0.6 is 0 Å². The quantitative estimate of drug-likeness (QED) is 0.0439. The lowest BCUT2D eigenvalue weighted by molar-refractivity contribution is -0.165. The van der Waals surface area contributed by atoms with Gasteiger partial charge in [0.2, 0.25) is 0 Å². The summed E-state index contributed by atoms with van der Waals surface area (Å²) in [4.78, 5) is 38.9. The highest BCUT2D eigenvalue weighted by Crippen LogP contribution is 2.43. The van der Waals surface area contributed by atoms with Crippen molar-refractivity contribution in [2.45, 2.75) is 30.1 Å². The summed E-state index contributed by atoms with van der Waals surface area (Å²) in [5, 5.41) is 14.9. The van der Waals surface area contributed by atoms with Crippen LogP contribution in [0.1, 0.15) is 43.6 Å². The first-order chi connectivity index (χ1) is 30.4. The first-order valence-corrected chi connectivity index (χ1v) is 19.7. The minimum Gasteiger partial charge on any atom is -0.497 e. The van der Waals surface area contributed by atoms with Gasteiger partial charge in [0.05, 0.1) is 32.7 Å². The van der Waals surface area contributed by atoms with Crippen molar-refractivity contribution in [1.82, 2.24) is 19.5 Å². The molecule has 0 saturated carbocycles. The number of fused-ring (bicyclic) bond motifs is 1. The van der Waals surface area contributed by atoms with Gasteiger partial charge in [0.25, 0.3) is 5.91 Å². The van der Waals surface area contributed by atoms with Gasteiger partial charge >= 0.3 is 5.97 Å². The maximum Gasteiger partial charge on any atom is 0.340 e. The normalized spacial score (nSPS) is 17.4. The second-order valence-electron chi connectivity index (χ2n) is 14.1. The summed E-state index contributed by atoms with van der Waals surface area (Å²) < 4.78 is 43.4. The SMILES string of the molecule is COc1ccc(C(OC[C@H]2O[C@@H](n3cnc4c(NC(=O)c5ccccc5)ncnc43)[C@H](O)[C@@H]2OCOCOC(=O)c2ccccc2)(c2ccccc2)c2ccc(OC)cc2)cc1. The van der Waals surface area contributed by atoms with Gasteiger partial charge < -0.3 is 43.6 Å². The number of methoxy groups -OCH3 is 2. The fourth-order valence-electron chi connectivity index (χ4n) is 7.38. The fraction of sp³-hybridized carbons (Fsp3) is 0.213. The van der Waals surface area contributed by atoms with Gasteiger partial charge in [0.15, 0.2) is 36.8 Å². The van der Waals surface area contributed by atoms with Crippen LogP contribution in [-0.4, -0.2) is 89.2 Å². The Balaban J connectivity index is 1.11. The minimum atomic E-state index is -1.33. The Kier molecular flexibility index (Phi) is 12.9. The lowest BCUT2D eigenvalue weighted by Crippen LogP contribution is -2.41. The zero-order valence-corrected chi connectivity index (χ0v) is 33.8. The molecule has 2 N–H and O–H groups in total. The number of hydrogen-bond donors (Lipinski definition) is 2. The van der Waals surface area contributed by atoms with Gasteiger partial charge in [-0.25, -0.2) is 19.7 Å². The average Bonchev–Trinajstić information content (AvgIpc) is 3.90. The Morgan fingerprint density at radius 1 is 0.726 bits per heavy atom. The predicted molar refractivity (Wildman–Crippen MR) is 225 cm³/mol. The molecule has 316 valence electrons. The number of aromatic nitrogens is 4. The maximum atomic E-state index is 13.1. The molecule has 7 aromatic rings. The molecule has 62 heavy (non-hydrogen) atoms. The number of amides is 1. The fourth-order valence-corrected chi connectivity index (χ4v) is 7.38. The van der Waals surface area contributed by atoms with Crippen LogP contribution in [0.4, 0.5) is 5.82 Å². The monoisotopic (exact) mass is 837 g/mol. The number of esters is 1. The number of anilines is 1. The highest BCUT2D eigenvalue weighted by Gasteiger charge is 2.48. The summed E-state index contributed by atoms with van der Waals surface area (Å²) in [6.07, 6.45) is -1.67. The van der Waals surface area contributed by atoms with E-state index < -0.39 is 42.9 Å². The van der Waals surface area contributed by atoms with Crippen molar-refractivity contribution < 1.29 is 47.9 Å². The Morgan fingerprint density at radius 3 is 1.92 bits per heavy atom. The molecule has 2 aromatic heterocycles.